The summed E-state index contributed by atoms with van der Waals surface area (Å²) in [6, 6.07) is 3.97. The van der Waals surface area contributed by atoms with Crippen LogP contribution in [-0.4, -0.2) is 28.1 Å². The van der Waals surface area contributed by atoms with E-state index in [-0.39, 0.29) is 0 Å². The average Bonchev–Trinajstić information content (AvgIpc) is 2.90. The topological polar surface area (TPSA) is 64.1 Å². The number of hydrogen-bond donors (Lipinski definition) is 2. The molecule has 1 heterocycles. The molecule has 120 valence electrons. The lowest BCUT2D eigenvalue weighted by Gasteiger charge is -2.15. The Balaban J connectivity index is 2.18. The maximum Gasteiger partial charge on any atom is 0.214 e. The van der Waals surface area contributed by atoms with Gasteiger partial charge in [-0.1, -0.05) is 6.92 Å². The SMILES string of the molecule is CCCOc1c(Br)cc(CNn2cn[nH]c2=S)cc1OCC. The van der Waals surface area contributed by atoms with Gasteiger partial charge in [0.05, 0.1) is 24.2 Å². The van der Waals surface area contributed by atoms with Crippen LogP contribution in [0.5, 0.6) is 11.5 Å². The maximum absolute atomic E-state index is 5.76. The lowest BCUT2D eigenvalue weighted by Crippen LogP contribution is -2.13. The Bertz CT molecular complexity index is 671. The number of nitrogens with one attached hydrogen (secondary N) is 2. The fourth-order valence-electron chi connectivity index (χ4n) is 1.87. The van der Waals surface area contributed by atoms with Crippen molar-refractivity contribution in [2.75, 3.05) is 18.6 Å². The zero-order valence-electron chi connectivity index (χ0n) is 12.6. The first kappa shape index (κ1) is 16.8. The Morgan fingerprint density at radius 1 is 1.36 bits per heavy atom. The lowest BCUT2D eigenvalue weighted by molar-refractivity contribution is 0.275. The first-order valence-electron chi connectivity index (χ1n) is 7.09. The van der Waals surface area contributed by atoms with Gasteiger partial charge < -0.3 is 14.9 Å². The molecule has 0 unspecified atom stereocenters. The molecular formula is C14H19BrN4O2S. The summed E-state index contributed by atoms with van der Waals surface area (Å²) in [5, 5.41) is 6.56. The molecule has 2 aromatic rings. The third-order valence-corrected chi connectivity index (χ3v) is 3.70. The highest BCUT2D eigenvalue weighted by molar-refractivity contribution is 9.10. The smallest absolute Gasteiger partial charge is 0.214 e. The Morgan fingerprint density at radius 3 is 2.82 bits per heavy atom. The number of halogens is 1. The zero-order chi connectivity index (χ0) is 15.9. The number of H-pyrrole nitrogens is 1. The van der Waals surface area contributed by atoms with Gasteiger partial charge in [0, 0.05) is 0 Å². The summed E-state index contributed by atoms with van der Waals surface area (Å²) >= 11 is 8.64. The van der Waals surface area contributed by atoms with Crippen LogP contribution in [0.15, 0.2) is 22.9 Å². The summed E-state index contributed by atoms with van der Waals surface area (Å²) in [6.07, 6.45) is 2.54. The van der Waals surface area contributed by atoms with Gasteiger partial charge in [-0.2, -0.15) is 5.10 Å². The molecule has 6 nitrogen and oxygen atoms in total. The highest BCUT2D eigenvalue weighted by Crippen LogP contribution is 2.37. The van der Waals surface area contributed by atoms with Crippen molar-refractivity contribution in [2.24, 2.45) is 0 Å². The number of nitrogens with zero attached hydrogens (tertiary/aromatic N) is 2. The van der Waals surface area contributed by atoms with Crippen LogP contribution in [0, 0.1) is 4.77 Å². The molecule has 0 bridgehead atoms. The van der Waals surface area contributed by atoms with Crippen molar-refractivity contribution in [1.29, 1.82) is 0 Å². The molecule has 2 N–H and O–H groups in total. The van der Waals surface area contributed by atoms with Gasteiger partial charge in [-0.3, -0.25) is 5.10 Å². The van der Waals surface area contributed by atoms with E-state index in [0.29, 0.717) is 24.5 Å². The molecule has 2 rings (SSSR count). The van der Waals surface area contributed by atoms with Crippen LogP contribution in [0.3, 0.4) is 0 Å². The van der Waals surface area contributed by atoms with Crippen molar-refractivity contribution in [3.63, 3.8) is 0 Å². The largest absolute Gasteiger partial charge is 0.490 e. The van der Waals surface area contributed by atoms with E-state index in [9.17, 15) is 0 Å². The van der Waals surface area contributed by atoms with Crippen LogP contribution >= 0.6 is 28.1 Å². The minimum atomic E-state index is 0.520. The molecule has 0 saturated carbocycles. The van der Waals surface area contributed by atoms with Crippen molar-refractivity contribution in [3.05, 3.63) is 33.3 Å². The van der Waals surface area contributed by atoms with Crippen LogP contribution in [0.2, 0.25) is 0 Å². The quantitative estimate of drug-likeness (QED) is 0.678. The molecule has 0 amide bonds. The van der Waals surface area contributed by atoms with Crippen molar-refractivity contribution in [2.45, 2.75) is 26.8 Å². The highest BCUT2D eigenvalue weighted by Gasteiger charge is 2.12. The Hall–Kier alpha value is -1.54. The summed E-state index contributed by atoms with van der Waals surface area (Å²) in [4.78, 5) is 0. The Morgan fingerprint density at radius 2 is 2.18 bits per heavy atom. The monoisotopic (exact) mass is 386 g/mol. The van der Waals surface area contributed by atoms with E-state index in [1.165, 1.54) is 0 Å². The fourth-order valence-corrected chi connectivity index (χ4v) is 2.64. The predicted molar refractivity (Wildman–Crippen MR) is 91.6 cm³/mol. The third-order valence-electron chi connectivity index (χ3n) is 2.83. The molecule has 0 aliphatic heterocycles. The van der Waals surface area contributed by atoms with Crippen LogP contribution in [0.4, 0.5) is 0 Å². The normalized spacial score (nSPS) is 10.5. The second-order valence-electron chi connectivity index (χ2n) is 4.55. The summed E-state index contributed by atoms with van der Waals surface area (Å²) in [6.45, 7) is 5.84. The molecule has 1 aromatic heterocycles. The Kier molecular flexibility index (Phi) is 6.26. The first-order valence-corrected chi connectivity index (χ1v) is 8.29. The number of hydrogen-bond acceptors (Lipinski definition) is 5. The second kappa shape index (κ2) is 8.19. The molecule has 8 heteroatoms. The minimum absolute atomic E-state index is 0.520. The molecular weight excluding hydrogens is 368 g/mol. The van der Waals surface area contributed by atoms with E-state index in [1.807, 2.05) is 19.1 Å². The summed E-state index contributed by atoms with van der Waals surface area (Å²) in [7, 11) is 0. The van der Waals surface area contributed by atoms with Gasteiger partial charge in [-0.05, 0) is 59.2 Å². The van der Waals surface area contributed by atoms with Crippen LogP contribution in [0.1, 0.15) is 25.8 Å². The second-order valence-corrected chi connectivity index (χ2v) is 5.79. The molecule has 0 aliphatic carbocycles. The summed E-state index contributed by atoms with van der Waals surface area (Å²) in [5.41, 5.74) is 4.21. The van der Waals surface area contributed by atoms with Gasteiger partial charge in [-0.25, -0.2) is 4.68 Å². The van der Waals surface area contributed by atoms with E-state index in [1.54, 1.807) is 11.0 Å². The van der Waals surface area contributed by atoms with Gasteiger partial charge in [0.1, 0.15) is 6.33 Å². The van der Waals surface area contributed by atoms with E-state index in [0.717, 1.165) is 28.0 Å². The predicted octanol–water partition coefficient (Wildman–Crippen LogP) is 3.63. The number of benzene rings is 1. The Labute approximate surface area is 142 Å². The number of aromatic amines is 1. The summed E-state index contributed by atoms with van der Waals surface area (Å²) in [5.74, 6) is 1.48. The van der Waals surface area contributed by atoms with Gasteiger partial charge >= 0.3 is 0 Å². The van der Waals surface area contributed by atoms with Crippen molar-refractivity contribution in [1.82, 2.24) is 14.9 Å². The third kappa shape index (κ3) is 4.23. The molecule has 0 fully saturated rings. The fraction of sp³-hybridized carbons (Fsp3) is 0.429. The van der Waals surface area contributed by atoms with Crippen molar-refractivity contribution < 1.29 is 9.47 Å². The van der Waals surface area contributed by atoms with Crippen LogP contribution in [-0.2, 0) is 6.54 Å². The zero-order valence-corrected chi connectivity index (χ0v) is 15.0. The molecule has 1 aromatic carbocycles. The lowest BCUT2D eigenvalue weighted by atomic mass is 10.2. The molecule has 0 atom stereocenters. The van der Waals surface area contributed by atoms with Gasteiger partial charge in [0.15, 0.2) is 11.5 Å². The molecule has 0 spiro atoms. The first-order chi connectivity index (χ1) is 10.7. The standard InChI is InChI=1S/C14H19BrN4O2S/c1-3-5-21-13-11(15)6-10(7-12(13)20-4-2)8-17-19-9-16-18-14(19)22/h6-7,9,17H,3-5,8H2,1-2H3,(H,18,22). The van der Waals surface area contributed by atoms with Crippen molar-refractivity contribution >= 4 is 28.1 Å². The van der Waals surface area contributed by atoms with Crippen molar-refractivity contribution in [3.8, 4) is 11.5 Å². The molecule has 22 heavy (non-hydrogen) atoms. The number of aromatic nitrogens is 3. The number of ether oxygens (including phenoxy) is 2. The average molecular weight is 387 g/mol. The maximum atomic E-state index is 5.76. The van der Waals surface area contributed by atoms with E-state index >= 15 is 0 Å². The highest BCUT2D eigenvalue weighted by atomic mass is 79.9. The van der Waals surface area contributed by atoms with Gasteiger partial charge in [0.2, 0.25) is 4.77 Å². The minimum Gasteiger partial charge on any atom is -0.490 e. The molecule has 0 radical (unpaired) electrons. The van der Waals surface area contributed by atoms with Crippen LogP contribution < -0.4 is 14.9 Å². The summed E-state index contributed by atoms with van der Waals surface area (Å²) < 4.78 is 14.5. The van der Waals surface area contributed by atoms with E-state index in [4.69, 9.17) is 21.7 Å². The van der Waals surface area contributed by atoms with E-state index in [2.05, 4.69) is 38.5 Å². The number of rotatable bonds is 8. The van der Waals surface area contributed by atoms with E-state index < -0.39 is 0 Å². The van der Waals surface area contributed by atoms with Crippen LogP contribution in [0.25, 0.3) is 0 Å². The molecule has 0 saturated heterocycles. The van der Waals surface area contributed by atoms with Gasteiger partial charge in [-0.15, -0.1) is 0 Å². The van der Waals surface area contributed by atoms with Gasteiger partial charge in [0.25, 0.3) is 0 Å². The molecule has 0 aliphatic rings.